The van der Waals surface area contributed by atoms with Crippen molar-refractivity contribution in [2.45, 2.75) is 52.0 Å². The predicted molar refractivity (Wildman–Crippen MR) is 63.0 cm³/mol. The van der Waals surface area contributed by atoms with Gasteiger partial charge in [0.05, 0.1) is 6.61 Å². The highest BCUT2D eigenvalue weighted by molar-refractivity contribution is 6.28. The highest BCUT2D eigenvalue weighted by Gasteiger charge is 2.48. The maximum Gasteiger partial charge on any atom is 0.413 e. The molecule has 0 aliphatic carbocycles. The van der Waals surface area contributed by atoms with Crippen LogP contribution >= 0.6 is 0 Å². The fourth-order valence-electron chi connectivity index (χ4n) is 1.75. The van der Waals surface area contributed by atoms with Gasteiger partial charge < -0.3 is 9.47 Å². The quantitative estimate of drug-likeness (QED) is 0.547. The first kappa shape index (κ1) is 14.6. The third-order valence-electron chi connectivity index (χ3n) is 2.52. The maximum atomic E-state index is 12.1. The number of aldehydes is 1. The molecule has 0 spiro atoms. The van der Waals surface area contributed by atoms with Gasteiger partial charge in [-0.2, -0.15) is 0 Å². The van der Waals surface area contributed by atoms with Gasteiger partial charge in [-0.3, -0.25) is 14.5 Å². The van der Waals surface area contributed by atoms with Crippen LogP contribution in [0.1, 0.15) is 34.6 Å². The minimum absolute atomic E-state index is 0.00379. The lowest BCUT2D eigenvalue weighted by Crippen LogP contribution is -2.52. The number of hydrogen-bond donors (Lipinski definition) is 0. The van der Waals surface area contributed by atoms with Gasteiger partial charge in [-0.25, -0.2) is 4.79 Å². The van der Waals surface area contributed by atoms with E-state index >= 15 is 0 Å². The molecule has 0 aromatic rings. The second-order valence-corrected chi connectivity index (χ2v) is 5.64. The van der Waals surface area contributed by atoms with E-state index in [0.29, 0.717) is 0 Å². The van der Waals surface area contributed by atoms with Crippen LogP contribution in [0, 0.1) is 0 Å². The van der Waals surface area contributed by atoms with Crippen LogP contribution in [0.25, 0.3) is 0 Å². The van der Waals surface area contributed by atoms with Crippen LogP contribution in [0.2, 0.25) is 0 Å². The van der Waals surface area contributed by atoms with Crippen molar-refractivity contribution in [1.29, 1.82) is 0 Å². The predicted octanol–water partition coefficient (Wildman–Crippen LogP) is 1.13. The van der Waals surface area contributed by atoms with Crippen molar-refractivity contribution in [2.75, 3.05) is 6.61 Å². The zero-order valence-electron chi connectivity index (χ0n) is 11.4. The van der Waals surface area contributed by atoms with E-state index in [1.54, 1.807) is 34.6 Å². The average molecular weight is 257 g/mol. The lowest BCUT2D eigenvalue weighted by Gasteiger charge is -2.34. The summed E-state index contributed by atoms with van der Waals surface area (Å²) >= 11 is 0. The van der Waals surface area contributed by atoms with Crippen molar-refractivity contribution < 1.29 is 23.9 Å². The highest BCUT2D eigenvalue weighted by atomic mass is 16.6. The van der Waals surface area contributed by atoms with Crippen LogP contribution in [0.5, 0.6) is 0 Å². The Morgan fingerprint density at radius 3 is 2.39 bits per heavy atom. The molecular weight excluding hydrogens is 238 g/mol. The van der Waals surface area contributed by atoms with Crippen molar-refractivity contribution in [2.24, 2.45) is 0 Å². The molecule has 1 rings (SSSR count). The maximum absolute atomic E-state index is 12.1. The van der Waals surface area contributed by atoms with Crippen molar-refractivity contribution in [3.05, 3.63) is 0 Å². The molecule has 1 amide bonds. The molecule has 0 aromatic heterocycles. The Morgan fingerprint density at radius 1 is 1.39 bits per heavy atom. The summed E-state index contributed by atoms with van der Waals surface area (Å²) in [5.41, 5.74) is -1.64. The molecule has 1 fully saturated rings. The molecule has 1 aliphatic rings. The summed E-state index contributed by atoms with van der Waals surface area (Å²) in [6, 6.07) is -0.910. The Hall–Kier alpha value is -1.43. The van der Waals surface area contributed by atoms with Crippen LogP contribution in [0.3, 0.4) is 0 Å². The molecule has 0 aromatic carbocycles. The Labute approximate surface area is 106 Å². The highest BCUT2D eigenvalue weighted by Crippen LogP contribution is 2.29. The lowest BCUT2D eigenvalue weighted by molar-refractivity contribution is -0.133. The topological polar surface area (TPSA) is 72.9 Å². The molecule has 1 aliphatic heterocycles. The number of carbonyl (C=O) groups is 3. The summed E-state index contributed by atoms with van der Waals surface area (Å²) < 4.78 is 10.6. The number of amides is 1. The molecule has 0 N–H and O–H groups in total. The van der Waals surface area contributed by atoms with E-state index < -0.39 is 29.2 Å². The van der Waals surface area contributed by atoms with Crippen LogP contribution in [0.4, 0.5) is 4.79 Å². The Balaban J connectivity index is 2.95. The molecule has 1 heterocycles. The molecule has 1 saturated heterocycles. The second kappa shape index (κ2) is 4.68. The van der Waals surface area contributed by atoms with E-state index in [1.807, 2.05) is 0 Å². The van der Waals surface area contributed by atoms with Crippen molar-refractivity contribution in [3.63, 3.8) is 0 Å². The van der Waals surface area contributed by atoms with Gasteiger partial charge in [0, 0.05) is 0 Å². The van der Waals surface area contributed by atoms with Gasteiger partial charge in [0.25, 0.3) is 0 Å². The largest absolute Gasteiger partial charge is 0.444 e. The van der Waals surface area contributed by atoms with E-state index in [-0.39, 0.29) is 12.9 Å². The van der Waals surface area contributed by atoms with E-state index in [0.717, 1.165) is 0 Å². The summed E-state index contributed by atoms with van der Waals surface area (Å²) in [6.45, 7) is 8.48. The molecule has 6 heteroatoms. The van der Waals surface area contributed by atoms with E-state index in [2.05, 4.69) is 0 Å². The molecule has 18 heavy (non-hydrogen) atoms. The molecule has 0 saturated carbocycles. The monoisotopic (exact) mass is 257 g/mol. The first-order valence-corrected chi connectivity index (χ1v) is 5.74. The van der Waals surface area contributed by atoms with Crippen LogP contribution in [-0.4, -0.2) is 47.0 Å². The van der Waals surface area contributed by atoms with Crippen molar-refractivity contribution >= 4 is 18.2 Å². The third kappa shape index (κ3) is 3.07. The summed E-state index contributed by atoms with van der Waals surface area (Å²) in [6.07, 6.45) is -0.461. The van der Waals surface area contributed by atoms with Crippen LogP contribution in [0.15, 0.2) is 0 Å². The standard InChI is InChI=1S/C12H19NO5/c1-11(2,3)18-10(16)13-8(9(15)6-14)7-17-12(13,4)5/h6,8H,7H2,1-5H3/t8-/m1/s1. The van der Waals surface area contributed by atoms with Crippen molar-refractivity contribution in [1.82, 2.24) is 4.90 Å². The molecule has 0 radical (unpaired) electrons. The minimum Gasteiger partial charge on any atom is -0.444 e. The fraction of sp³-hybridized carbons (Fsp3) is 0.750. The molecular formula is C12H19NO5. The molecule has 0 bridgehead atoms. The molecule has 102 valence electrons. The number of Topliss-reactive ketones (excluding diaryl/α,β-unsaturated/α-hetero) is 1. The number of nitrogens with zero attached hydrogens (tertiary/aromatic N) is 1. The van der Waals surface area contributed by atoms with Gasteiger partial charge in [-0.15, -0.1) is 0 Å². The summed E-state index contributed by atoms with van der Waals surface area (Å²) in [5, 5.41) is 0. The zero-order chi connectivity index (χ0) is 14.1. The first-order chi connectivity index (χ1) is 8.08. The van der Waals surface area contributed by atoms with Gasteiger partial charge in [0.15, 0.2) is 6.29 Å². The number of rotatable bonds is 2. The van der Waals surface area contributed by atoms with Gasteiger partial charge in [-0.05, 0) is 34.6 Å². The average Bonchev–Trinajstić information content (AvgIpc) is 2.50. The molecule has 6 nitrogen and oxygen atoms in total. The molecule has 1 atom stereocenters. The van der Waals surface area contributed by atoms with E-state index in [9.17, 15) is 14.4 Å². The van der Waals surface area contributed by atoms with E-state index in [4.69, 9.17) is 9.47 Å². The molecule has 0 unspecified atom stereocenters. The lowest BCUT2D eigenvalue weighted by atomic mass is 10.1. The van der Waals surface area contributed by atoms with Gasteiger partial charge >= 0.3 is 6.09 Å². The van der Waals surface area contributed by atoms with Crippen LogP contribution < -0.4 is 0 Å². The SMILES string of the molecule is CC(C)(C)OC(=O)N1[C@@H](C(=O)C=O)COC1(C)C. The normalized spacial score (nSPS) is 22.7. The Morgan fingerprint density at radius 2 is 1.94 bits per heavy atom. The Bertz CT molecular complexity index is 369. The van der Waals surface area contributed by atoms with Gasteiger partial charge in [0.1, 0.15) is 17.4 Å². The summed E-state index contributed by atoms with van der Waals surface area (Å²) in [7, 11) is 0. The fourth-order valence-corrected chi connectivity index (χ4v) is 1.75. The second-order valence-electron chi connectivity index (χ2n) is 5.64. The third-order valence-corrected chi connectivity index (χ3v) is 2.52. The summed E-state index contributed by atoms with van der Waals surface area (Å²) in [4.78, 5) is 35.3. The smallest absolute Gasteiger partial charge is 0.413 e. The van der Waals surface area contributed by atoms with Gasteiger partial charge in [-0.1, -0.05) is 0 Å². The number of hydrogen-bond acceptors (Lipinski definition) is 5. The number of ketones is 1. The minimum atomic E-state index is -0.967. The Kier molecular flexibility index (Phi) is 3.81. The van der Waals surface area contributed by atoms with Crippen molar-refractivity contribution in [3.8, 4) is 0 Å². The first-order valence-electron chi connectivity index (χ1n) is 5.74. The van der Waals surface area contributed by atoms with Crippen LogP contribution in [-0.2, 0) is 19.1 Å². The van der Waals surface area contributed by atoms with E-state index in [1.165, 1.54) is 4.90 Å². The number of carbonyl (C=O) groups excluding carboxylic acids is 3. The van der Waals surface area contributed by atoms with Gasteiger partial charge in [0.2, 0.25) is 5.78 Å². The summed E-state index contributed by atoms with van der Waals surface area (Å²) in [5.74, 6) is -0.688. The number of ether oxygens (including phenoxy) is 2. The zero-order valence-corrected chi connectivity index (χ0v) is 11.4.